The van der Waals surface area contributed by atoms with E-state index < -0.39 is 12.8 Å². The van der Waals surface area contributed by atoms with E-state index in [0.29, 0.717) is 69.3 Å². The fourth-order valence-corrected chi connectivity index (χ4v) is 6.55. The molecule has 0 N–H and O–H groups in total. The van der Waals surface area contributed by atoms with Crippen LogP contribution >= 0.6 is 23.2 Å². The number of hydrogen-bond donors (Lipinski definition) is 0. The molecule has 0 amide bonds. The highest BCUT2D eigenvalue weighted by Crippen LogP contribution is 2.39. The molecule has 1 fully saturated rings. The van der Waals surface area contributed by atoms with Gasteiger partial charge in [-0.3, -0.25) is 0 Å². The van der Waals surface area contributed by atoms with Crippen molar-refractivity contribution in [3.63, 3.8) is 0 Å². The predicted octanol–water partition coefficient (Wildman–Crippen LogP) is 12.5. The van der Waals surface area contributed by atoms with Crippen molar-refractivity contribution in [2.45, 2.75) is 71.8 Å². The summed E-state index contributed by atoms with van der Waals surface area (Å²) in [5, 5.41) is 2.30. The predicted molar refractivity (Wildman–Crippen MR) is 229 cm³/mol. The summed E-state index contributed by atoms with van der Waals surface area (Å²) in [4.78, 5) is 9.29. The van der Waals surface area contributed by atoms with Crippen molar-refractivity contribution in [2.24, 2.45) is 5.92 Å². The number of aromatic nitrogens is 2. The number of alkyl halides is 3. The van der Waals surface area contributed by atoms with Gasteiger partial charge >= 0.3 is 6.18 Å². The molecular weight excluding hydrogens is 816 g/mol. The Bertz CT molecular complexity index is 2450. The molecule has 60 heavy (non-hydrogen) atoms. The molecule has 13 heteroatoms. The molecule has 0 unspecified atom stereocenters. The van der Waals surface area contributed by atoms with Crippen molar-refractivity contribution >= 4 is 45.0 Å². The summed E-state index contributed by atoms with van der Waals surface area (Å²) < 4.78 is 72.2. The minimum atomic E-state index is -4.47. The molecule has 1 saturated carbocycles. The zero-order valence-electron chi connectivity index (χ0n) is 33.8. The molecule has 2 aromatic heterocycles. The van der Waals surface area contributed by atoms with Crippen LogP contribution in [0.1, 0.15) is 61.8 Å². The van der Waals surface area contributed by atoms with Crippen LogP contribution in [0.2, 0.25) is 10.0 Å². The van der Waals surface area contributed by atoms with E-state index in [0.717, 1.165) is 59.0 Å². The van der Waals surface area contributed by atoms with E-state index in [2.05, 4.69) is 23.9 Å². The number of methoxy groups -OCH3 is 2. The van der Waals surface area contributed by atoms with Crippen LogP contribution in [0, 0.1) is 17.9 Å². The molecule has 0 aliphatic heterocycles. The number of nitrogens with zero attached hydrogens (tertiary/aromatic N) is 2. The summed E-state index contributed by atoms with van der Waals surface area (Å²) in [5.74, 6) is 6.78. The summed E-state index contributed by atoms with van der Waals surface area (Å²) >= 11 is 12.3. The Morgan fingerprint density at radius 2 is 1.12 bits per heavy atom. The number of rotatable bonds is 15. The Kier molecular flexibility index (Phi) is 15.1. The largest absolute Gasteiger partial charge is 0.497 e. The van der Waals surface area contributed by atoms with E-state index in [1.807, 2.05) is 61.5 Å². The average molecular weight is 862 g/mol. The van der Waals surface area contributed by atoms with Crippen LogP contribution in [-0.4, -0.2) is 37.0 Å². The number of ether oxygens (including phenoxy) is 6. The van der Waals surface area contributed by atoms with E-state index in [1.165, 1.54) is 0 Å². The second-order valence-corrected chi connectivity index (χ2v) is 14.9. The second kappa shape index (κ2) is 20.6. The first-order valence-electron chi connectivity index (χ1n) is 19.6. The summed E-state index contributed by atoms with van der Waals surface area (Å²) in [6.07, 6.45) is 3.55. The first-order chi connectivity index (χ1) is 29.0. The van der Waals surface area contributed by atoms with Gasteiger partial charge in [0.2, 0.25) is 11.8 Å². The summed E-state index contributed by atoms with van der Waals surface area (Å²) in [7, 11) is 3.23. The SMILES string of the molecule is CCCc1c(OCc2ccc(OC)cc2)nc2ccc(Cl)cc2c1OC#CC1CC1.CCCc1c(OCc2ccc(OC)cc2)nc2ccc(Cl)cc2c1OCC(F)(F)F. The monoisotopic (exact) mass is 860 g/mol. The van der Waals surface area contributed by atoms with Crippen LogP contribution < -0.4 is 28.4 Å². The average Bonchev–Trinajstić information content (AvgIpc) is 4.07. The Morgan fingerprint density at radius 3 is 1.55 bits per heavy atom. The molecule has 7 rings (SSSR count). The van der Waals surface area contributed by atoms with E-state index in [9.17, 15) is 13.2 Å². The van der Waals surface area contributed by atoms with Gasteiger partial charge in [0, 0.05) is 26.7 Å². The van der Waals surface area contributed by atoms with Gasteiger partial charge < -0.3 is 28.4 Å². The van der Waals surface area contributed by atoms with Gasteiger partial charge in [-0.2, -0.15) is 13.2 Å². The molecule has 4 aromatic carbocycles. The lowest BCUT2D eigenvalue weighted by molar-refractivity contribution is -0.153. The minimum absolute atomic E-state index is 0.103. The van der Waals surface area contributed by atoms with Crippen molar-refractivity contribution in [3.8, 4) is 46.8 Å². The quantitative estimate of drug-likeness (QED) is 0.0945. The Balaban J connectivity index is 0.000000201. The van der Waals surface area contributed by atoms with Crippen molar-refractivity contribution in [2.75, 3.05) is 20.8 Å². The van der Waals surface area contributed by atoms with Gasteiger partial charge in [0.25, 0.3) is 0 Å². The van der Waals surface area contributed by atoms with Gasteiger partial charge in [-0.1, -0.05) is 80.1 Å². The second-order valence-electron chi connectivity index (χ2n) is 14.1. The third kappa shape index (κ3) is 12.0. The number of benzene rings is 4. The maximum atomic E-state index is 12.9. The van der Waals surface area contributed by atoms with Crippen LogP contribution in [0.25, 0.3) is 21.8 Å². The van der Waals surface area contributed by atoms with E-state index in [-0.39, 0.29) is 18.2 Å². The fraction of sp³-hybridized carbons (Fsp3) is 0.319. The topological polar surface area (TPSA) is 81.2 Å². The third-order valence-corrected chi connectivity index (χ3v) is 9.83. The molecule has 0 radical (unpaired) electrons. The van der Waals surface area contributed by atoms with Crippen molar-refractivity contribution < 1.29 is 41.6 Å². The fourth-order valence-electron chi connectivity index (χ4n) is 6.20. The first kappa shape index (κ1) is 44.0. The maximum absolute atomic E-state index is 12.9. The summed E-state index contributed by atoms with van der Waals surface area (Å²) in [5.41, 5.74) is 4.53. The highest BCUT2D eigenvalue weighted by Gasteiger charge is 2.30. The van der Waals surface area contributed by atoms with Crippen LogP contribution in [0.3, 0.4) is 0 Å². The number of fused-ring (bicyclic) bond motifs is 2. The number of hydrogen-bond acceptors (Lipinski definition) is 8. The Hall–Kier alpha value is -5.57. The van der Waals surface area contributed by atoms with Crippen LogP contribution in [0.4, 0.5) is 13.2 Å². The molecule has 0 saturated heterocycles. The van der Waals surface area contributed by atoms with E-state index >= 15 is 0 Å². The first-order valence-corrected chi connectivity index (χ1v) is 20.4. The summed E-state index contributed by atoms with van der Waals surface area (Å²) in [6.45, 7) is 3.23. The maximum Gasteiger partial charge on any atom is 0.422 e. The number of halogens is 5. The molecular formula is C47H45Cl2F3N2O6. The molecule has 2 heterocycles. The molecule has 1 aliphatic carbocycles. The van der Waals surface area contributed by atoms with E-state index in [1.54, 1.807) is 44.6 Å². The Morgan fingerprint density at radius 1 is 0.650 bits per heavy atom. The zero-order chi connectivity index (χ0) is 42.6. The van der Waals surface area contributed by atoms with Gasteiger partial charge in [0.05, 0.1) is 36.4 Å². The zero-order valence-corrected chi connectivity index (χ0v) is 35.3. The molecule has 8 nitrogen and oxygen atoms in total. The molecule has 1 aliphatic rings. The lowest BCUT2D eigenvalue weighted by Gasteiger charge is -2.19. The highest BCUT2D eigenvalue weighted by molar-refractivity contribution is 6.31. The summed E-state index contributed by atoms with van der Waals surface area (Å²) in [6, 6.07) is 25.5. The van der Waals surface area contributed by atoms with Gasteiger partial charge in [-0.15, -0.1) is 0 Å². The third-order valence-electron chi connectivity index (χ3n) is 9.36. The van der Waals surface area contributed by atoms with Crippen molar-refractivity contribution in [1.82, 2.24) is 9.97 Å². The molecule has 314 valence electrons. The van der Waals surface area contributed by atoms with Gasteiger partial charge in [-0.05, 0) is 97.5 Å². The molecule has 0 spiro atoms. The molecule has 0 bridgehead atoms. The minimum Gasteiger partial charge on any atom is -0.497 e. The standard InChI is InChI=1S/C25H24ClNO3.C22H21ClF3NO3/c1-3-4-21-24(29-14-13-17-5-6-17)22-15-19(26)9-12-23(22)27-25(21)30-16-18-7-10-20(28-2)11-8-18;1-3-4-17-20(30-13-22(24,25)26)18-11-15(23)7-10-19(18)27-21(17)29-12-14-5-8-16(28-2)9-6-14/h7-12,15,17H,3-6,16H2,1-2H3;5-11H,3-4,12-13H2,1-2H3. The lowest BCUT2D eigenvalue weighted by Crippen LogP contribution is -2.20. The molecule has 0 atom stereocenters. The van der Waals surface area contributed by atoms with Gasteiger partial charge in [0.15, 0.2) is 12.4 Å². The van der Waals surface area contributed by atoms with Gasteiger partial charge in [0.1, 0.15) is 36.6 Å². The van der Waals surface area contributed by atoms with Crippen LogP contribution in [0.5, 0.6) is 34.8 Å². The number of pyridine rings is 2. The van der Waals surface area contributed by atoms with E-state index in [4.69, 9.17) is 56.6 Å². The normalized spacial score (nSPS) is 12.2. The lowest BCUT2D eigenvalue weighted by atomic mass is 10.1. The van der Waals surface area contributed by atoms with Crippen LogP contribution in [-0.2, 0) is 26.1 Å². The van der Waals surface area contributed by atoms with Crippen molar-refractivity contribution in [1.29, 1.82) is 0 Å². The smallest absolute Gasteiger partial charge is 0.422 e. The van der Waals surface area contributed by atoms with Gasteiger partial charge in [-0.25, -0.2) is 9.97 Å². The van der Waals surface area contributed by atoms with Crippen molar-refractivity contribution in [3.05, 3.63) is 117 Å². The molecule has 6 aromatic rings. The van der Waals surface area contributed by atoms with Crippen LogP contribution in [0.15, 0.2) is 84.9 Å². The Labute approximate surface area is 357 Å². The highest BCUT2D eigenvalue weighted by atomic mass is 35.5.